The first-order valence-electron chi connectivity index (χ1n) is 9.82. The summed E-state index contributed by atoms with van der Waals surface area (Å²) in [6.45, 7) is 4.08. The van der Waals surface area contributed by atoms with Gasteiger partial charge in [0.1, 0.15) is 0 Å². The van der Waals surface area contributed by atoms with Gasteiger partial charge in [0, 0.05) is 32.1 Å². The summed E-state index contributed by atoms with van der Waals surface area (Å²) < 4.78 is 2.31. The SMILES string of the molecule is O=C(C1CC1)N1CCN(c2nc3ccccc3n2Cc2ccccc2)CC1. The third kappa shape index (κ3) is 3.18. The van der Waals surface area contributed by atoms with Crippen LogP contribution in [0.3, 0.4) is 0 Å². The molecule has 138 valence electrons. The highest BCUT2D eigenvalue weighted by Crippen LogP contribution is 2.32. The molecule has 1 aromatic heterocycles. The summed E-state index contributed by atoms with van der Waals surface area (Å²) in [5, 5.41) is 0. The van der Waals surface area contributed by atoms with Gasteiger partial charge in [0.2, 0.25) is 11.9 Å². The van der Waals surface area contributed by atoms with E-state index in [0.29, 0.717) is 11.8 Å². The molecule has 0 N–H and O–H groups in total. The molecular weight excluding hydrogens is 336 g/mol. The number of para-hydroxylation sites is 2. The van der Waals surface area contributed by atoms with Crippen molar-refractivity contribution in [3.05, 3.63) is 60.2 Å². The van der Waals surface area contributed by atoms with Crippen molar-refractivity contribution in [1.29, 1.82) is 0 Å². The minimum absolute atomic E-state index is 0.305. The molecule has 0 atom stereocenters. The molecule has 27 heavy (non-hydrogen) atoms. The molecule has 5 heteroatoms. The molecule has 2 aromatic carbocycles. The summed E-state index contributed by atoms with van der Waals surface area (Å²) >= 11 is 0. The van der Waals surface area contributed by atoms with Gasteiger partial charge in [-0.15, -0.1) is 0 Å². The van der Waals surface area contributed by atoms with Crippen molar-refractivity contribution in [2.75, 3.05) is 31.1 Å². The van der Waals surface area contributed by atoms with Gasteiger partial charge in [0.15, 0.2) is 0 Å². The second-order valence-electron chi connectivity index (χ2n) is 7.56. The van der Waals surface area contributed by atoms with Crippen molar-refractivity contribution in [2.24, 2.45) is 5.92 Å². The largest absolute Gasteiger partial charge is 0.339 e. The number of carbonyl (C=O) groups is 1. The van der Waals surface area contributed by atoms with Gasteiger partial charge in [-0.25, -0.2) is 4.98 Å². The Morgan fingerprint density at radius 1 is 0.926 bits per heavy atom. The van der Waals surface area contributed by atoms with Crippen LogP contribution in [0.25, 0.3) is 11.0 Å². The molecular formula is C22H24N4O. The summed E-state index contributed by atoms with van der Waals surface area (Å²) in [6, 6.07) is 18.9. The van der Waals surface area contributed by atoms with Crippen molar-refractivity contribution in [1.82, 2.24) is 14.5 Å². The first-order valence-corrected chi connectivity index (χ1v) is 9.82. The smallest absolute Gasteiger partial charge is 0.225 e. The Hall–Kier alpha value is -2.82. The molecule has 2 fully saturated rings. The fourth-order valence-corrected chi connectivity index (χ4v) is 3.94. The highest BCUT2D eigenvalue weighted by molar-refractivity contribution is 5.81. The van der Waals surface area contributed by atoms with E-state index in [1.807, 2.05) is 17.0 Å². The topological polar surface area (TPSA) is 41.4 Å². The zero-order valence-electron chi connectivity index (χ0n) is 15.4. The monoisotopic (exact) mass is 360 g/mol. The number of anilines is 1. The van der Waals surface area contributed by atoms with Crippen LogP contribution in [0.5, 0.6) is 0 Å². The van der Waals surface area contributed by atoms with E-state index in [0.717, 1.165) is 62.5 Å². The molecule has 0 radical (unpaired) electrons. The van der Waals surface area contributed by atoms with Crippen LogP contribution >= 0.6 is 0 Å². The van der Waals surface area contributed by atoms with Crippen LogP contribution in [0, 0.1) is 5.92 Å². The van der Waals surface area contributed by atoms with Gasteiger partial charge in [-0.1, -0.05) is 42.5 Å². The number of imidazole rings is 1. The number of benzene rings is 2. The van der Waals surface area contributed by atoms with Gasteiger partial charge >= 0.3 is 0 Å². The van der Waals surface area contributed by atoms with Crippen molar-refractivity contribution in [3.63, 3.8) is 0 Å². The average Bonchev–Trinajstić information content (AvgIpc) is 3.51. The molecule has 3 aromatic rings. The maximum atomic E-state index is 12.3. The molecule has 0 bridgehead atoms. The van der Waals surface area contributed by atoms with Crippen LogP contribution in [-0.4, -0.2) is 46.5 Å². The van der Waals surface area contributed by atoms with E-state index in [1.54, 1.807) is 0 Å². The first kappa shape index (κ1) is 16.4. The van der Waals surface area contributed by atoms with Crippen molar-refractivity contribution < 1.29 is 4.79 Å². The first-order chi connectivity index (χ1) is 13.3. The Morgan fingerprint density at radius 2 is 1.63 bits per heavy atom. The molecule has 1 saturated heterocycles. The summed E-state index contributed by atoms with van der Waals surface area (Å²) in [7, 11) is 0. The average molecular weight is 360 g/mol. The third-order valence-corrected chi connectivity index (χ3v) is 5.62. The number of carbonyl (C=O) groups excluding carboxylic acids is 1. The minimum atomic E-state index is 0.305. The summed E-state index contributed by atoms with van der Waals surface area (Å²) in [5.41, 5.74) is 3.46. The van der Waals surface area contributed by atoms with Crippen molar-refractivity contribution in [2.45, 2.75) is 19.4 Å². The Labute approximate surface area is 159 Å². The van der Waals surface area contributed by atoms with Gasteiger partial charge in [-0.3, -0.25) is 4.79 Å². The van der Waals surface area contributed by atoms with E-state index in [-0.39, 0.29) is 0 Å². The number of hydrogen-bond donors (Lipinski definition) is 0. The Bertz CT molecular complexity index is 953. The third-order valence-electron chi connectivity index (χ3n) is 5.62. The predicted molar refractivity (Wildman–Crippen MR) is 107 cm³/mol. The Kier molecular flexibility index (Phi) is 4.07. The van der Waals surface area contributed by atoms with E-state index in [2.05, 4.69) is 51.9 Å². The molecule has 2 heterocycles. The Balaban J connectivity index is 1.42. The molecule has 0 unspecified atom stereocenters. The fraction of sp³-hybridized carbons (Fsp3) is 0.364. The Morgan fingerprint density at radius 3 is 2.37 bits per heavy atom. The zero-order chi connectivity index (χ0) is 18.2. The van der Waals surface area contributed by atoms with Crippen LogP contribution in [0.1, 0.15) is 18.4 Å². The van der Waals surface area contributed by atoms with E-state index in [4.69, 9.17) is 4.98 Å². The normalized spacial score (nSPS) is 17.5. The van der Waals surface area contributed by atoms with Gasteiger partial charge in [-0.2, -0.15) is 0 Å². The lowest BCUT2D eigenvalue weighted by molar-refractivity contribution is -0.132. The second kappa shape index (κ2) is 6.72. The van der Waals surface area contributed by atoms with Crippen LogP contribution in [0.2, 0.25) is 0 Å². The highest BCUT2D eigenvalue weighted by Gasteiger charge is 2.35. The highest BCUT2D eigenvalue weighted by atomic mass is 16.2. The van der Waals surface area contributed by atoms with Crippen LogP contribution in [0.15, 0.2) is 54.6 Å². The van der Waals surface area contributed by atoms with Gasteiger partial charge < -0.3 is 14.4 Å². The molecule has 2 aliphatic rings. The van der Waals surface area contributed by atoms with Crippen molar-refractivity contribution >= 4 is 22.9 Å². The minimum Gasteiger partial charge on any atom is -0.339 e. The predicted octanol–water partition coefficient (Wildman–Crippen LogP) is 3.14. The molecule has 1 amide bonds. The number of fused-ring (bicyclic) bond motifs is 1. The quantitative estimate of drug-likeness (QED) is 0.718. The lowest BCUT2D eigenvalue weighted by Crippen LogP contribution is -2.50. The summed E-state index contributed by atoms with van der Waals surface area (Å²) in [5.74, 6) is 1.67. The van der Waals surface area contributed by atoms with E-state index < -0.39 is 0 Å². The number of aromatic nitrogens is 2. The summed E-state index contributed by atoms with van der Waals surface area (Å²) in [4.78, 5) is 21.6. The number of nitrogens with zero attached hydrogens (tertiary/aromatic N) is 4. The van der Waals surface area contributed by atoms with E-state index in [9.17, 15) is 4.79 Å². The number of rotatable bonds is 4. The van der Waals surface area contributed by atoms with Crippen LogP contribution in [-0.2, 0) is 11.3 Å². The second-order valence-corrected chi connectivity index (χ2v) is 7.56. The van der Waals surface area contributed by atoms with Crippen LogP contribution in [0.4, 0.5) is 5.95 Å². The van der Waals surface area contributed by atoms with Gasteiger partial charge in [0.25, 0.3) is 0 Å². The van der Waals surface area contributed by atoms with Gasteiger partial charge in [0.05, 0.1) is 17.6 Å². The molecule has 1 aliphatic heterocycles. The molecule has 5 nitrogen and oxygen atoms in total. The fourth-order valence-electron chi connectivity index (χ4n) is 3.94. The van der Waals surface area contributed by atoms with E-state index in [1.165, 1.54) is 5.56 Å². The zero-order valence-corrected chi connectivity index (χ0v) is 15.4. The molecule has 5 rings (SSSR count). The van der Waals surface area contributed by atoms with Crippen molar-refractivity contribution in [3.8, 4) is 0 Å². The number of hydrogen-bond acceptors (Lipinski definition) is 3. The standard InChI is InChI=1S/C22H24N4O/c27-21(18-10-11-18)24-12-14-25(15-13-24)22-23-19-8-4-5-9-20(19)26(22)16-17-6-2-1-3-7-17/h1-9,18H,10-16H2. The lowest BCUT2D eigenvalue weighted by Gasteiger charge is -2.35. The summed E-state index contributed by atoms with van der Waals surface area (Å²) in [6.07, 6.45) is 2.15. The van der Waals surface area contributed by atoms with Gasteiger partial charge in [-0.05, 0) is 30.5 Å². The lowest BCUT2D eigenvalue weighted by atomic mass is 10.2. The van der Waals surface area contributed by atoms with Crippen LogP contribution < -0.4 is 4.90 Å². The maximum absolute atomic E-state index is 12.3. The molecule has 0 spiro atoms. The maximum Gasteiger partial charge on any atom is 0.225 e. The van der Waals surface area contributed by atoms with E-state index >= 15 is 0 Å². The molecule has 1 saturated carbocycles. The number of amides is 1. The molecule has 1 aliphatic carbocycles. The number of piperazine rings is 1.